The molecule has 8 nitrogen and oxygen atoms in total. The quantitative estimate of drug-likeness (QED) is 0.327. The Kier molecular flexibility index (Phi) is 5.45. The molecule has 3 atom stereocenters. The van der Waals surface area contributed by atoms with E-state index < -0.39 is 35.8 Å². The fourth-order valence-corrected chi connectivity index (χ4v) is 2.16. The number of rotatable bonds is 7. The summed E-state index contributed by atoms with van der Waals surface area (Å²) in [4.78, 5) is 39.7. The third-order valence-electron chi connectivity index (χ3n) is 3.42. The predicted octanol–water partition coefficient (Wildman–Crippen LogP) is -0.557. The van der Waals surface area contributed by atoms with Crippen molar-refractivity contribution in [1.82, 2.24) is 4.90 Å². The fraction of sp³-hybridized carbons (Fsp3) is 0.538. The lowest BCUT2D eigenvalue weighted by Crippen LogP contribution is -2.51. The van der Waals surface area contributed by atoms with Gasteiger partial charge in [-0.25, -0.2) is 9.79 Å². The zero-order valence-electron chi connectivity index (χ0n) is 12.0. The minimum atomic E-state index is -1.38. The standard InChI is InChI=1S/C13H20N4O4/c1-3-7(2)6-8(11(12(20)21)16-13(14)15)17-9(18)4-5-10(17)19/h4-5,7-8,11H,3,6H2,1-2H3,(H,20,21)(H4,14,15,16). The lowest BCUT2D eigenvalue weighted by atomic mass is 9.93. The third-order valence-corrected chi connectivity index (χ3v) is 3.42. The Labute approximate surface area is 122 Å². The molecular formula is C13H20N4O4. The number of imide groups is 1. The van der Waals surface area contributed by atoms with Gasteiger partial charge in [0.05, 0.1) is 6.04 Å². The number of carbonyl (C=O) groups excluding carboxylic acids is 2. The van der Waals surface area contributed by atoms with Crippen molar-refractivity contribution in [3.63, 3.8) is 0 Å². The van der Waals surface area contributed by atoms with Gasteiger partial charge in [-0.2, -0.15) is 0 Å². The van der Waals surface area contributed by atoms with Crippen LogP contribution < -0.4 is 11.5 Å². The molecule has 1 aliphatic heterocycles. The average Bonchev–Trinajstić information content (AvgIpc) is 2.72. The van der Waals surface area contributed by atoms with E-state index >= 15 is 0 Å². The molecule has 8 heteroatoms. The van der Waals surface area contributed by atoms with Crippen molar-refractivity contribution in [2.75, 3.05) is 0 Å². The molecule has 0 fully saturated rings. The van der Waals surface area contributed by atoms with Crippen LogP contribution in [0.15, 0.2) is 17.1 Å². The van der Waals surface area contributed by atoms with Crippen LogP contribution >= 0.6 is 0 Å². The SMILES string of the molecule is CCC(C)CC(C(N=C(N)N)C(=O)O)N1C(=O)C=CC1=O. The van der Waals surface area contributed by atoms with E-state index in [0.717, 1.165) is 23.5 Å². The van der Waals surface area contributed by atoms with Gasteiger partial charge >= 0.3 is 5.97 Å². The second-order valence-electron chi connectivity index (χ2n) is 5.03. The van der Waals surface area contributed by atoms with Gasteiger partial charge in [-0.3, -0.25) is 14.5 Å². The first-order valence-electron chi connectivity index (χ1n) is 6.64. The maximum atomic E-state index is 11.8. The van der Waals surface area contributed by atoms with Gasteiger partial charge in [-0.15, -0.1) is 0 Å². The maximum absolute atomic E-state index is 11.8. The van der Waals surface area contributed by atoms with Crippen LogP contribution in [0.4, 0.5) is 0 Å². The van der Waals surface area contributed by atoms with Gasteiger partial charge in [0, 0.05) is 12.2 Å². The van der Waals surface area contributed by atoms with Crippen LogP contribution in [0.5, 0.6) is 0 Å². The summed E-state index contributed by atoms with van der Waals surface area (Å²) in [7, 11) is 0. The summed E-state index contributed by atoms with van der Waals surface area (Å²) in [5.41, 5.74) is 10.5. The summed E-state index contributed by atoms with van der Waals surface area (Å²) in [6.45, 7) is 3.84. The van der Waals surface area contributed by atoms with E-state index in [1.54, 1.807) is 0 Å². The molecule has 0 aromatic carbocycles. The lowest BCUT2D eigenvalue weighted by Gasteiger charge is -2.31. The molecule has 21 heavy (non-hydrogen) atoms. The number of aliphatic imine (C=N–C) groups is 1. The highest BCUT2D eigenvalue weighted by molar-refractivity contribution is 6.13. The van der Waals surface area contributed by atoms with Crippen LogP contribution in [-0.2, 0) is 14.4 Å². The highest BCUT2D eigenvalue weighted by Crippen LogP contribution is 2.23. The van der Waals surface area contributed by atoms with E-state index in [4.69, 9.17) is 11.5 Å². The third kappa shape index (κ3) is 4.04. The van der Waals surface area contributed by atoms with Gasteiger partial charge in [-0.1, -0.05) is 20.3 Å². The molecule has 0 saturated heterocycles. The number of hydrogen-bond donors (Lipinski definition) is 3. The largest absolute Gasteiger partial charge is 0.480 e. The first-order valence-corrected chi connectivity index (χ1v) is 6.64. The molecule has 0 aromatic heterocycles. The predicted molar refractivity (Wildman–Crippen MR) is 76.1 cm³/mol. The summed E-state index contributed by atoms with van der Waals surface area (Å²) in [6, 6.07) is -2.30. The Morgan fingerprint density at radius 3 is 2.24 bits per heavy atom. The Balaban J connectivity index is 3.17. The fourth-order valence-electron chi connectivity index (χ4n) is 2.16. The second kappa shape index (κ2) is 6.87. The van der Waals surface area contributed by atoms with Gasteiger partial charge in [0.25, 0.3) is 11.8 Å². The van der Waals surface area contributed by atoms with Crippen LogP contribution in [0.2, 0.25) is 0 Å². The first-order chi connectivity index (χ1) is 9.77. The van der Waals surface area contributed by atoms with Crippen molar-refractivity contribution in [3.05, 3.63) is 12.2 Å². The van der Waals surface area contributed by atoms with Crippen LogP contribution in [0.3, 0.4) is 0 Å². The number of carboxylic acid groups (broad SMARTS) is 1. The first kappa shape index (κ1) is 16.7. The van der Waals surface area contributed by atoms with Gasteiger partial charge < -0.3 is 16.6 Å². The molecule has 0 spiro atoms. The van der Waals surface area contributed by atoms with Crippen LogP contribution in [-0.4, -0.2) is 45.8 Å². The smallest absolute Gasteiger partial charge is 0.330 e. The topological polar surface area (TPSA) is 139 Å². The zero-order chi connectivity index (χ0) is 16.2. The summed E-state index contributed by atoms with van der Waals surface area (Å²) in [6.07, 6.45) is 3.30. The molecule has 0 aliphatic carbocycles. The lowest BCUT2D eigenvalue weighted by molar-refractivity contribution is -0.145. The van der Waals surface area contributed by atoms with Crippen molar-refractivity contribution in [3.8, 4) is 0 Å². The van der Waals surface area contributed by atoms with E-state index in [0.29, 0.717) is 6.42 Å². The highest BCUT2D eigenvalue weighted by atomic mass is 16.4. The molecular weight excluding hydrogens is 276 g/mol. The number of hydrogen-bond acceptors (Lipinski definition) is 4. The minimum absolute atomic E-state index is 0.104. The number of nitrogens with two attached hydrogens (primary N) is 2. The van der Waals surface area contributed by atoms with Crippen molar-refractivity contribution in [1.29, 1.82) is 0 Å². The van der Waals surface area contributed by atoms with Crippen molar-refractivity contribution >= 4 is 23.7 Å². The van der Waals surface area contributed by atoms with E-state index in [-0.39, 0.29) is 5.92 Å². The molecule has 0 saturated carbocycles. The summed E-state index contributed by atoms with van der Waals surface area (Å²) < 4.78 is 0. The van der Waals surface area contributed by atoms with Crippen molar-refractivity contribution in [2.24, 2.45) is 22.4 Å². The van der Waals surface area contributed by atoms with Gasteiger partial charge in [0.1, 0.15) is 0 Å². The van der Waals surface area contributed by atoms with Gasteiger partial charge in [0.2, 0.25) is 0 Å². The molecule has 1 rings (SSSR count). The number of amides is 2. The Morgan fingerprint density at radius 1 is 1.33 bits per heavy atom. The number of guanidine groups is 1. The normalized spacial score (nSPS) is 18.5. The molecule has 0 radical (unpaired) electrons. The highest BCUT2D eigenvalue weighted by Gasteiger charge is 2.40. The monoisotopic (exact) mass is 296 g/mol. The summed E-state index contributed by atoms with van der Waals surface area (Å²) >= 11 is 0. The van der Waals surface area contributed by atoms with Gasteiger partial charge in [-0.05, 0) is 12.3 Å². The summed E-state index contributed by atoms with van der Waals surface area (Å²) in [5.74, 6) is -2.68. The Hall–Kier alpha value is -2.38. The van der Waals surface area contributed by atoms with E-state index in [1.165, 1.54) is 0 Å². The molecule has 5 N–H and O–H groups in total. The minimum Gasteiger partial charge on any atom is -0.480 e. The van der Waals surface area contributed by atoms with E-state index in [2.05, 4.69) is 4.99 Å². The van der Waals surface area contributed by atoms with E-state index in [9.17, 15) is 19.5 Å². The number of carbonyl (C=O) groups is 3. The second-order valence-corrected chi connectivity index (χ2v) is 5.03. The molecule has 3 unspecified atom stereocenters. The average molecular weight is 296 g/mol. The molecule has 0 aromatic rings. The zero-order valence-corrected chi connectivity index (χ0v) is 12.0. The maximum Gasteiger partial charge on any atom is 0.330 e. The molecule has 1 aliphatic rings. The van der Waals surface area contributed by atoms with Crippen LogP contribution in [0, 0.1) is 5.92 Å². The van der Waals surface area contributed by atoms with Crippen molar-refractivity contribution < 1.29 is 19.5 Å². The number of carboxylic acids is 1. The molecule has 2 amide bonds. The van der Waals surface area contributed by atoms with Crippen LogP contribution in [0.1, 0.15) is 26.7 Å². The molecule has 1 heterocycles. The van der Waals surface area contributed by atoms with E-state index in [1.807, 2.05) is 13.8 Å². The Morgan fingerprint density at radius 2 is 1.86 bits per heavy atom. The number of aliphatic carboxylic acids is 1. The van der Waals surface area contributed by atoms with Gasteiger partial charge in [0.15, 0.2) is 12.0 Å². The van der Waals surface area contributed by atoms with Crippen LogP contribution in [0.25, 0.3) is 0 Å². The molecule has 116 valence electrons. The molecule has 0 bridgehead atoms. The Bertz CT molecular complexity index is 478. The number of nitrogens with zero attached hydrogens (tertiary/aromatic N) is 2. The summed E-state index contributed by atoms with van der Waals surface area (Å²) in [5, 5.41) is 9.32. The van der Waals surface area contributed by atoms with Crippen molar-refractivity contribution in [2.45, 2.75) is 38.8 Å².